The van der Waals surface area contributed by atoms with Gasteiger partial charge in [-0.3, -0.25) is 0 Å². The van der Waals surface area contributed by atoms with Crippen LogP contribution in [0.4, 0.5) is 4.39 Å². The molecule has 2 aromatic rings. The van der Waals surface area contributed by atoms with Crippen molar-refractivity contribution in [2.75, 3.05) is 14.2 Å². The molecule has 0 bridgehead atoms. The van der Waals surface area contributed by atoms with Gasteiger partial charge in [-0.25, -0.2) is 14.4 Å². The average molecular weight is 297 g/mol. The molecular weight excluding hydrogens is 283 g/mol. The normalized spacial score (nSPS) is 12.0. The Hall–Kier alpha value is -1.88. The highest BCUT2D eigenvalue weighted by atomic mass is 35.5. The lowest BCUT2D eigenvalue weighted by atomic mass is 10.1. The summed E-state index contributed by atoms with van der Waals surface area (Å²) < 4.78 is 23.3. The number of nitrogens with zero attached hydrogens (tertiary/aromatic N) is 2. The van der Waals surface area contributed by atoms with Crippen molar-refractivity contribution < 1.29 is 13.9 Å². The van der Waals surface area contributed by atoms with Gasteiger partial charge in [0.25, 0.3) is 0 Å². The first kappa shape index (κ1) is 14.5. The van der Waals surface area contributed by atoms with Crippen LogP contribution in [0.3, 0.4) is 0 Å². The number of aromatic nitrogens is 2. The van der Waals surface area contributed by atoms with Gasteiger partial charge in [0, 0.05) is 18.2 Å². The Kier molecular flexibility index (Phi) is 4.74. The van der Waals surface area contributed by atoms with Crippen LogP contribution in [0.15, 0.2) is 30.6 Å². The molecule has 4 nitrogen and oxygen atoms in total. The van der Waals surface area contributed by atoms with Crippen LogP contribution in [0, 0.1) is 5.82 Å². The zero-order valence-electron chi connectivity index (χ0n) is 11.1. The second-order valence-electron chi connectivity index (χ2n) is 4.12. The van der Waals surface area contributed by atoms with Crippen LogP contribution < -0.4 is 9.47 Å². The summed E-state index contributed by atoms with van der Waals surface area (Å²) in [5.74, 6) is 0.243. The second-order valence-corrected chi connectivity index (χ2v) is 4.64. The Balaban J connectivity index is 2.16. The van der Waals surface area contributed by atoms with Gasteiger partial charge in [0.05, 0.1) is 19.6 Å². The quantitative estimate of drug-likeness (QED) is 0.795. The van der Waals surface area contributed by atoms with E-state index in [-0.39, 0.29) is 11.1 Å². The molecule has 0 fully saturated rings. The third kappa shape index (κ3) is 3.36. The minimum Gasteiger partial charge on any atom is -0.494 e. The molecule has 1 atom stereocenters. The van der Waals surface area contributed by atoms with Gasteiger partial charge in [-0.1, -0.05) is 6.07 Å². The van der Waals surface area contributed by atoms with Gasteiger partial charge in [-0.15, -0.1) is 11.6 Å². The summed E-state index contributed by atoms with van der Waals surface area (Å²) in [5.41, 5.74) is 1.52. The molecule has 0 N–H and O–H groups in total. The number of hydrogen-bond acceptors (Lipinski definition) is 4. The average Bonchev–Trinajstić information content (AvgIpc) is 2.47. The molecule has 0 aliphatic heterocycles. The maximum atomic E-state index is 13.4. The topological polar surface area (TPSA) is 44.2 Å². The molecule has 0 amide bonds. The zero-order chi connectivity index (χ0) is 14.5. The fourth-order valence-electron chi connectivity index (χ4n) is 1.77. The Morgan fingerprint density at radius 2 is 2.00 bits per heavy atom. The van der Waals surface area contributed by atoms with E-state index in [4.69, 9.17) is 21.1 Å². The van der Waals surface area contributed by atoms with Crippen LogP contribution in [0.5, 0.6) is 11.6 Å². The Labute approximate surface area is 121 Å². The molecule has 106 valence electrons. The summed E-state index contributed by atoms with van der Waals surface area (Å²) in [4.78, 5) is 8.06. The van der Waals surface area contributed by atoms with Crippen LogP contribution in [-0.2, 0) is 6.42 Å². The highest BCUT2D eigenvalue weighted by Crippen LogP contribution is 2.29. The predicted molar refractivity (Wildman–Crippen MR) is 73.8 cm³/mol. The fourth-order valence-corrected chi connectivity index (χ4v) is 2.07. The molecule has 0 aliphatic rings. The predicted octanol–water partition coefficient (Wildman–Crippen LogP) is 3.16. The molecule has 0 spiro atoms. The standard InChI is InChI=1S/C14H14ClFN2O2/c1-19-13-5-9(3-4-12(13)16)11(15)6-10-7-14(20-2)18-8-17-10/h3-5,7-8,11H,6H2,1-2H3. The van der Waals surface area contributed by atoms with Crippen LogP contribution >= 0.6 is 11.6 Å². The van der Waals surface area contributed by atoms with Crippen LogP contribution in [0.1, 0.15) is 16.6 Å². The van der Waals surface area contributed by atoms with Crippen molar-refractivity contribution in [3.63, 3.8) is 0 Å². The Bertz CT molecular complexity index is 595. The first-order valence-electron chi connectivity index (χ1n) is 5.96. The van der Waals surface area contributed by atoms with Gasteiger partial charge in [-0.2, -0.15) is 0 Å². The molecule has 1 unspecified atom stereocenters. The summed E-state index contributed by atoms with van der Waals surface area (Å²) in [5, 5.41) is -0.343. The molecular formula is C14H14ClFN2O2. The molecule has 0 aliphatic carbocycles. The third-order valence-corrected chi connectivity index (χ3v) is 3.24. The summed E-state index contributed by atoms with van der Waals surface area (Å²) >= 11 is 6.34. The molecule has 1 aromatic heterocycles. The lowest BCUT2D eigenvalue weighted by molar-refractivity contribution is 0.386. The lowest BCUT2D eigenvalue weighted by Gasteiger charge is -2.11. The van der Waals surface area contributed by atoms with Gasteiger partial charge in [0.15, 0.2) is 11.6 Å². The third-order valence-electron chi connectivity index (χ3n) is 2.83. The number of methoxy groups -OCH3 is 2. The van der Waals surface area contributed by atoms with Crippen LogP contribution in [0.2, 0.25) is 0 Å². The molecule has 0 saturated carbocycles. The SMILES string of the molecule is COc1cc(CC(Cl)c2ccc(F)c(OC)c2)ncn1. The van der Waals surface area contributed by atoms with Crippen molar-refractivity contribution in [2.24, 2.45) is 0 Å². The number of hydrogen-bond donors (Lipinski definition) is 0. The smallest absolute Gasteiger partial charge is 0.216 e. The van der Waals surface area contributed by atoms with Crippen molar-refractivity contribution >= 4 is 11.6 Å². The zero-order valence-corrected chi connectivity index (χ0v) is 11.9. The number of halogens is 2. The van der Waals surface area contributed by atoms with E-state index in [2.05, 4.69) is 9.97 Å². The number of ether oxygens (including phenoxy) is 2. The van der Waals surface area contributed by atoms with Crippen molar-refractivity contribution in [3.05, 3.63) is 47.7 Å². The molecule has 1 heterocycles. The fraction of sp³-hybridized carbons (Fsp3) is 0.286. The van der Waals surface area contributed by atoms with E-state index in [1.54, 1.807) is 18.2 Å². The van der Waals surface area contributed by atoms with Gasteiger partial charge < -0.3 is 9.47 Å². The highest BCUT2D eigenvalue weighted by molar-refractivity contribution is 6.20. The molecule has 0 saturated heterocycles. The lowest BCUT2D eigenvalue weighted by Crippen LogP contribution is -2.01. The van der Waals surface area contributed by atoms with Crippen molar-refractivity contribution in [3.8, 4) is 11.6 Å². The van der Waals surface area contributed by atoms with E-state index >= 15 is 0 Å². The molecule has 1 aromatic carbocycles. The summed E-state index contributed by atoms with van der Waals surface area (Å²) in [7, 11) is 2.95. The van der Waals surface area contributed by atoms with Crippen molar-refractivity contribution in [1.29, 1.82) is 0 Å². The summed E-state index contributed by atoms with van der Waals surface area (Å²) in [6.07, 6.45) is 1.90. The van der Waals surface area contributed by atoms with Gasteiger partial charge >= 0.3 is 0 Å². The van der Waals surface area contributed by atoms with E-state index < -0.39 is 5.82 Å². The molecule has 20 heavy (non-hydrogen) atoms. The second kappa shape index (κ2) is 6.52. The first-order valence-corrected chi connectivity index (χ1v) is 6.40. The van der Waals surface area contributed by atoms with Crippen molar-refractivity contribution in [2.45, 2.75) is 11.8 Å². The van der Waals surface area contributed by atoms with E-state index in [0.717, 1.165) is 11.3 Å². The van der Waals surface area contributed by atoms with E-state index in [0.29, 0.717) is 12.3 Å². The highest BCUT2D eigenvalue weighted by Gasteiger charge is 2.13. The van der Waals surface area contributed by atoms with Crippen LogP contribution in [-0.4, -0.2) is 24.2 Å². The first-order chi connectivity index (χ1) is 9.63. The van der Waals surface area contributed by atoms with E-state index in [1.807, 2.05) is 0 Å². The van der Waals surface area contributed by atoms with Crippen molar-refractivity contribution in [1.82, 2.24) is 9.97 Å². The Morgan fingerprint density at radius 1 is 1.20 bits per heavy atom. The summed E-state index contributed by atoms with van der Waals surface area (Å²) in [6, 6.07) is 6.28. The van der Waals surface area contributed by atoms with Gasteiger partial charge in [0.2, 0.25) is 5.88 Å². The minimum atomic E-state index is -0.413. The maximum absolute atomic E-state index is 13.4. The monoisotopic (exact) mass is 296 g/mol. The van der Waals surface area contributed by atoms with Gasteiger partial charge in [-0.05, 0) is 17.7 Å². The number of rotatable bonds is 5. The number of alkyl halides is 1. The van der Waals surface area contributed by atoms with Crippen LogP contribution in [0.25, 0.3) is 0 Å². The minimum absolute atomic E-state index is 0.174. The number of benzene rings is 1. The molecule has 6 heteroatoms. The van der Waals surface area contributed by atoms with Gasteiger partial charge in [0.1, 0.15) is 6.33 Å². The Morgan fingerprint density at radius 3 is 2.70 bits per heavy atom. The van der Waals surface area contributed by atoms with E-state index in [1.165, 1.54) is 26.6 Å². The largest absolute Gasteiger partial charge is 0.494 e. The maximum Gasteiger partial charge on any atom is 0.216 e. The summed E-state index contributed by atoms with van der Waals surface area (Å²) in [6.45, 7) is 0. The molecule has 2 rings (SSSR count). The van der Waals surface area contributed by atoms with E-state index in [9.17, 15) is 4.39 Å². The molecule has 0 radical (unpaired) electrons.